The number of hydrogen-bond acceptors (Lipinski definition) is 2. The number of rotatable bonds is 5. The quantitative estimate of drug-likeness (QED) is 0.502. The summed E-state index contributed by atoms with van der Waals surface area (Å²) in [6, 6.07) is 20.4. The van der Waals surface area contributed by atoms with Crippen LogP contribution in [-0.4, -0.2) is 19.0 Å². The molecule has 0 unspecified atom stereocenters. The van der Waals surface area contributed by atoms with Gasteiger partial charge < -0.3 is 9.64 Å². The highest BCUT2D eigenvalue weighted by Gasteiger charge is 2.16. The van der Waals surface area contributed by atoms with E-state index in [1.807, 2.05) is 36.1 Å². The molecule has 0 fully saturated rings. The normalized spacial score (nSPS) is 10.7. The van der Waals surface area contributed by atoms with Crippen LogP contribution < -0.4 is 9.64 Å². The molecule has 0 aliphatic rings. The van der Waals surface area contributed by atoms with Crippen LogP contribution in [0.4, 0.5) is 5.69 Å². The first-order valence-electron chi connectivity index (χ1n) is 8.73. The highest BCUT2D eigenvalue weighted by atomic mass is 16.5. The second-order valence-electron chi connectivity index (χ2n) is 6.02. The van der Waals surface area contributed by atoms with E-state index in [4.69, 9.17) is 10.1 Å². The zero-order valence-electron chi connectivity index (χ0n) is 15.0. The number of benzene rings is 3. The van der Waals surface area contributed by atoms with Gasteiger partial charge in [-0.2, -0.15) is 0 Å². The maximum Gasteiger partial charge on any atom is 0.133 e. The third kappa shape index (κ3) is 3.36. The number of ether oxygens (including phenoxy) is 1. The van der Waals surface area contributed by atoms with Crippen molar-refractivity contribution in [2.24, 2.45) is 0 Å². The summed E-state index contributed by atoms with van der Waals surface area (Å²) in [4.78, 5) is 2.03. The molecule has 1 N–H and O–H groups in total. The van der Waals surface area contributed by atoms with E-state index in [9.17, 15) is 0 Å². The zero-order chi connectivity index (χ0) is 17.8. The molecular weight excluding hydrogens is 308 g/mol. The third-order valence-electron chi connectivity index (χ3n) is 4.37. The Labute approximate surface area is 149 Å². The molecule has 3 aromatic rings. The average molecular weight is 332 g/mol. The summed E-state index contributed by atoms with van der Waals surface area (Å²) >= 11 is 0. The molecule has 3 nitrogen and oxygen atoms in total. The predicted molar refractivity (Wildman–Crippen MR) is 106 cm³/mol. The van der Waals surface area contributed by atoms with Gasteiger partial charge in [0.1, 0.15) is 11.6 Å². The summed E-state index contributed by atoms with van der Waals surface area (Å²) in [7, 11) is 0. The lowest BCUT2D eigenvalue weighted by Gasteiger charge is -2.25. The zero-order valence-corrected chi connectivity index (χ0v) is 15.0. The molecule has 0 amide bonds. The van der Waals surface area contributed by atoms with E-state index in [1.54, 1.807) is 0 Å². The van der Waals surface area contributed by atoms with Crippen LogP contribution in [0.3, 0.4) is 0 Å². The topological polar surface area (TPSA) is 36.3 Å². The van der Waals surface area contributed by atoms with E-state index >= 15 is 0 Å². The van der Waals surface area contributed by atoms with Crippen LogP contribution >= 0.6 is 0 Å². The van der Waals surface area contributed by atoms with E-state index in [0.717, 1.165) is 34.3 Å². The minimum Gasteiger partial charge on any atom is -0.493 e. The van der Waals surface area contributed by atoms with Gasteiger partial charge in [-0.3, -0.25) is 5.41 Å². The molecule has 3 rings (SSSR count). The summed E-state index contributed by atoms with van der Waals surface area (Å²) in [5.41, 5.74) is 3.18. The lowest BCUT2D eigenvalue weighted by atomic mass is 10.0. The van der Waals surface area contributed by atoms with Gasteiger partial charge in [-0.15, -0.1) is 0 Å². The van der Waals surface area contributed by atoms with E-state index in [1.165, 1.54) is 5.56 Å². The fraction of sp³-hybridized carbons (Fsp3) is 0.227. The molecule has 0 aliphatic carbocycles. The van der Waals surface area contributed by atoms with Crippen molar-refractivity contribution in [3.05, 3.63) is 71.8 Å². The van der Waals surface area contributed by atoms with Gasteiger partial charge in [0.15, 0.2) is 0 Å². The molecule has 0 aromatic heterocycles. The second kappa shape index (κ2) is 7.39. The van der Waals surface area contributed by atoms with Gasteiger partial charge in [-0.1, -0.05) is 42.0 Å². The predicted octanol–water partition coefficient (Wildman–Crippen LogP) is 5.40. The Hall–Kier alpha value is -2.81. The number of anilines is 1. The molecule has 0 saturated heterocycles. The van der Waals surface area contributed by atoms with Crippen LogP contribution in [0.2, 0.25) is 0 Å². The molecule has 3 aromatic carbocycles. The van der Waals surface area contributed by atoms with Gasteiger partial charge in [-0.25, -0.2) is 0 Å². The van der Waals surface area contributed by atoms with Crippen molar-refractivity contribution in [3.8, 4) is 5.75 Å². The molecule has 0 heterocycles. The number of aryl methyl sites for hydroxylation is 1. The Kier molecular flexibility index (Phi) is 5.03. The number of nitrogens with one attached hydrogen (secondary N) is 1. The standard InChI is InChI=1S/C22H24N2O/c1-4-24(17-12-10-16(3)11-13-17)22(23)20-14-15-21(25-5-2)19-9-7-6-8-18(19)20/h6-15,23H,4-5H2,1-3H3. The first kappa shape index (κ1) is 17.0. The smallest absolute Gasteiger partial charge is 0.133 e. The molecule has 0 saturated carbocycles. The van der Waals surface area contributed by atoms with Crippen LogP contribution in [0.1, 0.15) is 25.0 Å². The molecule has 0 aliphatic heterocycles. The second-order valence-corrected chi connectivity index (χ2v) is 6.02. The van der Waals surface area contributed by atoms with Crippen LogP contribution in [0.5, 0.6) is 5.75 Å². The van der Waals surface area contributed by atoms with Gasteiger partial charge in [0.2, 0.25) is 0 Å². The Morgan fingerprint density at radius 3 is 2.24 bits per heavy atom. The molecule has 3 heteroatoms. The molecule has 128 valence electrons. The van der Waals surface area contributed by atoms with Crippen molar-refractivity contribution < 1.29 is 4.74 Å². The van der Waals surface area contributed by atoms with E-state index in [2.05, 4.69) is 50.2 Å². The summed E-state index contributed by atoms with van der Waals surface area (Å²) in [6.45, 7) is 7.51. The lowest BCUT2D eigenvalue weighted by Crippen LogP contribution is -2.30. The summed E-state index contributed by atoms with van der Waals surface area (Å²) in [5.74, 6) is 1.37. The maximum absolute atomic E-state index is 8.82. The highest BCUT2D eigenvalue weighted by Crippen LogP contribution is 2.30. The first-order chi connectivity index (χ1) is 12.2. The fourth-order valence-electron chi connectivity index (χ4n) is 3.10. The van der Waals surface area contributed by atoms with Crippen molar-refractivity contribution in [2.75, 3.05) is 18.1 Å². The lowest BCUT2D eigenvalue weighted by molar-refractivity contribution is 0.344. The third-order valence-corrected chi connectivity index (χ3v) is 4.37. The van der Waals surface area contributed by atoms with Gasteiger partial charge in [0.05, 0.1) is 6.61 Å². The maximum atomic E-state index is 8.82. The molecule has 25 heavy (non-hydrogen) atoms. The largest absolute Gasteiger partial charge is 0.493 e. The minimum absolute atomic E-state index is 0.505. The monoisotopic (exact) mass is 332 g/mol. The fourth-order valence-corrected chi connectivity index (χ4v) is 3.10. The van der Waals surface area contributed by atoms with Gasteiger partial charge in [-0.05, 0) is 50.4 Å². The first-order valence-corrected chi connectivity index (χ1v) is 8.73. The van der Waals surface area contributed by atoms with Crippen molar-refractivity contribution in [1.29, 1.82) is 5.41 Å². The Morgan fingerprint density at radius 1 is 0.920 bits per heavy atom. The summed E-state index contributed by atoms with van der Waals surface area (Å²) in [6.07, 6.45) is 0. The summed E-state index contributed by atoms with van der Waals surface area (Å²) < 4.78 is 5.75. The summed E-state index contributed by atoms with van der Waals surface area (Å²) in [5, 5.41) is 10.9. The van der Waals surface area contributed by atoms with Crippen molar-refractivity contribution >= 4 is 22.3 Å². The molecule has 0 radical (unpaired) electrons. The van der Waals surface area contributed by atoms with Crippen LogP contribution in [-0.2, 0) is 0 Å². The number of amidine groups is 1. The Balaban J connectivity index is 2.07. The molecule has 0 atom stereocenters. The molecular formula is C22H24N2O. The van der Waals surface area contributed by atoms with Crippen LogP contribution in [0, 0.1) is 12.3 Å². The SMILES string of the molecule is CCOc1ccc(C(=N)N(CC)c2ccc(C)cc2)c2ccccc12. The Morgan fingerprint density at radius 2 is 1.60 bits per heavy atom. The average Bonchev–Trinajstić information content (AvgIpc) is 2.64. The number of hydrogen-bond donors (Lipinski definition) is 1. The molecule has 0 bridgehead atoms. The highest BCUT2D eigenvalue weighted by molar-refractivity contribution is 6.16. The molecule has 0 spiro atoms. The van der Waals surface area contributed by atoms with Crippen LogP contribution in [0.15, 0.2) is 60.7 Å². The van der Waals surface area contributed by atoms with Gasteiger partial charge in [0.25, 0.3) is 0 Å². The van der Waals surface area contributed by atoms with Crippen molar-refractivity contribution in [2.45, 2.75) is 20.8 Å². The van der Waals surface area contributed by atoms with Gasteiger partial charge >= 0.3 is 0 Å². The number of nitrogens with zero attached hydrogens (tertiary/aromatic N) is 1. The van der Waals surface area contributed by atoms with E-state index in [0.29, 0.717) is 12.4 Å². The van der Waals surface area contributed by atoms with Gasteiger partial charge in [0, 0.05) is 23.2 Å². The number of fused-ring (bicyclic) bond motifs is 1. The van der Waals surface area contributed by atoms with E-state index < -0.39 is 0 Å². The van der Waals surface area contributed by atoms with Crippen molar-refractivity contribution in [1.82, 2.24) is 0 Å². The van der Waals surface area contributed by atoms with Crippen molar-refractivity contribution in [3.63, 3.8) is 0 Å². The van der Waals surface area contributed by atoms with E-state index in [-0.39, 0.29) is 0 Å². The Bertz CT molecular complexity index is 884. The van der Waals surface area contributed by atoms with Crippen LogP contribution in [0.25, 0.3) is 10.8 Å². The minimum atomic E-state index is 0.505.